The van der Waals surface area contributed by atoms with E-state index in [2.05, 4.69) is 0 Å². The monoisotopic (exact) mass is 287 g/mol. The molecule has 0 atom stereocenters. The highest BCUT2D eigenvalue weighted by Gasteiger charge is 2.34. The van der Waals surface area contributed by atoms with Gasteiger partial charge in [-0.1, -0.05) is 30.3 Å². The molecule has 0 aliphatic rings. The van der Waals surface area contributed by atoms with Crippen LogP contribution in [0.3, 0.4) is 0 Å². The number of esters is 2. The fourth-order valence-electron chi connectivity index (χ4n) is 1.49. The molecule has 0 unspecified atom stereocenters. The molecule has 110 valence electrons. The van der Waals surface area contributed by atoms with Gasteiger partial charge in [-0.15, -0.1) is 0 Å². The summed E-state index contributed by atoms with van der Waals surface area (Å²) in [4.78, 5) is 23.6. The SMILES string of the molecule is CCOC(=O)C(C)(C)OC(=O)/C(C#N)=C/c1ccccc1. The molecule has 21 heavy (non-hydrogen) atoms. The van der Waals surface area contributed by atoms with E-state index >= 15 is 0 Å². The van der Waals surface area contributed by atoms with E-state index in [1.165, 1.54) is 19.9 Å². The van der Waals surface area contributed by atoms with Crippen LogP contribution in [-0.2, 0) is 19.1 Å². The Morgan fingerprint density at radius 3 is 2.43 bits per heavy atom. The van der Waals surface area contributed by atoms with Crippen LogP contribution in [0.2, 0.25) is 0 Å². The summed E-state index contributed by atoms with van der Waals surface area (Å²) in [6, 6.07) is 10.7. The van der Waals surface area contributed by atoms with Gasteiger partial charge >= 0.3 is 11.9 Å². The van der Waals surface area contributed by atoms with Crippen molar-refractivity contribution in [2.24, 2.45) is 0 Å². The lowest BCUT2D eigenvalue weighted by atomic mass is 10.1. The summed E-state index contributed by atoms with van der Waals surface area (Å²) >= 11 is 0. The summed E-state index contributed by atoms with van der Waals surface area (Å²) in [5.41, 5.74) is -0.932. The number of nitrogens with zero attached hydrogens (tertiary/aromatic N) is 1. The van der Waals surface area contributed by atoms with E-state index in [4.69, 9.17) is 14.7 Å². The molecule has 0 radical (unpaired) electrons. The fourth-order valence-corrected chi connectivity index (χ4v) is 1.49. The highest BCUT2D eigenvalue weighted by molar-refractivity contribution is 5.99. The zero-order valence-corrected chi connectivity index (χ0v) is 12.3. The predicted octanol–water partition coefficient (Wildman–Crippen LogP) is 2.48. The Hall–Kier alpha value is -2.61. The second-order valence-electron chi connectivity index (χ2n) is 4.70. The molecule has 0 aliphatic heterocycles. The van der Waals surface area contributed by atoms with Crippen LogP contribution < -0.4 is 0 Å². The van der Waals surface area contributed by atoms with Crippen LogP contribution in [0.5, 0.6) is 0 Å². The molecule has 0 N–H and O–H groups in total. The van der Waals surface area contributed by atoms with Gasteiger partial charge in [-0.3, -0.25) is 0 Å². The zero-order chi connectivity index (χ0) is 15.9. The molecule has 0 fully saturated rings. The molecule has 5 heteroatoms. The van der Waals surface area contributed by atoms with Crippen molar-refractivity contribution in [2.75, 3.05) is 6.61 Å². The minimum Gasteiger partial charge on any atom is -0.463 e. The normalized spacial score (nSPS) is 11.4. The molecule has 0 aliphatic carbocycles. The molecule has 0 saturated carbocycles. The molecule has 0 bridgehead atoms. The predicted molar refractivity (Wildman–Crippen MR) is 76.8 cm³/mol. The molecule has 1 rings (SSSR count). The molecule has 5 nitrogen and oxygen atoms in total. The molecule has 0 heterocycles. The summed E-state index contributed by atoms with van der Waals surface area (Å²) < 4.78 is 9.89. The van der Waals surface area contributed by atoms with E-state index in [9.17, 15) is 9.59 Å². The number of rotatable bonds is 5. The van der Waals surface area contributed by atoms with E-state index < -0.39 is 17.5 Å². The first-order chi connectivity index (χ1) is 9.90. The number of ether oxygens (including phenoxy) is 2. The largest absolute Gasteiger partial charge is 0.463 e. The van der Waals surface area contributed by atoms with Crippen molar-refractivity contribution in [3.63, 3.8) is 0 Å². The summed E-state index contributed by atoms with van der Waals surface area (Å²) in [5.74, 6) is -1.52. The fraction of sp³-hybridized carbons (Fsp3) is 0.312. The standard InChI is InChI=1S/C16H17NO4/c1-4-20-15(19)16(2,3)21-14(18)13(11-17)10-12-8-6-5-7-9-12/h5-10H,4H2,1-3H3/b13-10+. The maximum absolute atomic E-state index is 12.0. The number of carbonyl (C=O) groups excluding carboxylic acids is 2. The van der Waals surface area contributed by atoms with Gasteiger partial charge in [-0.25, -0.2) is 9.59 Å². The van der Waals surface area contributed by atoms with Gasteiger partial charge in [0, 0.05) is 0 Å². The van der Waals surface area contributed by atoms with E-state index in [0.29, 0.717) is 5.56 Å². The van der Waals surface area contributed by atoms with Crippen molar-refractivity contribution in [3.05, 3.63) is 41.5 Å². The van der Waals surface area contributed by atoms with E-state index in [0.717, 1.165) is 0 Å². The van der Waals surface area contributed by atoms with E-state index in [-0.39, 0.29) is 12.2 Å². The highest BCUT2D eigenvalue weighted by Crippen LogP contribution is 2.16. The first-order valence-electron chi connectivity index (χ1n) is 6.48. The van der Waals surface area contributed by atoms with Crippen molar-refractivity contribution in [1.82, 2.24) is 0 Å². The molecular formula is C16H17NO4. The first-order valence-corrected chi connectivity index (χ1v) is 6.48. The molecule has 0 amide bonds. The summed E-state index contributed by atoms with van der Waals surface area (Å²) in [6.07, 6.45) is 1.41. The zero-order valence-electron chi connectivity index (χ0n) is 12.3. The Bertz CT molecular complexity index is 582. The lowest BCUT2D eigenvalue weighted by Crippen LogP contribution is -2.39. The van der Waals surface area contributed by atoms with Crippen LogP contribution in [0.1, 0.15) is 26.3 Å². The van der Waals surface area contributed by atoms with Crippen LogP contribution >= 0.6 is 0 Å². The van der Waals surface area contributed by atoms with Crippen molar-refractivity contribution in [1.29, 1.82) is 5.26 Å². The second-order valence-corrected chi connectivity index (χ2v) is 4.70. The third-order valence-electron chi connectivity index (χ3n) is 2.57. The number of benzene rings is 1. The van der Waals surface area contributed by atoms with Crippen molar-refractivity contribution in [2.45, 2.75) is 26.4 Å². The maximum atomic E-state index is 12.0. The first kappa shape index (κ1) is 16.4. The minimum absolute atomic E-state index is 0.182. The number of carbonyl (C=O) groups is 2. The Morgan fingerprint density at radius 1 is 1.29 bits per heavy atom. The Morgan fingerprint density at radius 2 is 1.90 bits per heavy atom. The minimum atomic E-state index is -1.44. The molecular weight excluding hydrogens is 270 g/mol. The molecule has 1 aromatic rings. The smallest absolute Gasteiger partial charge is 0.350 e. The Kier molecular flexibility index (Phi) is 5.67. The van der Waals surface area contributed by atoms with Crippen LogP contribution in [0.4, 0.5) is 0 Å². The van der Waals surface area contributed by atoms with Crippen LogP contribution in [0.15, 0.2) is 35.9 Å². The summed E-state index contributed by atoms with van der Waals surface area (Å²) in [6.45, 7) is 4.68. The second kappa shape index (κ2) is 7.25. The topological polar surface area (TPSA) is 76.4 Å². The molecule has 1 aromatic carbocycles. The van der Waals surface area contributed by atoms with Gasteiger partial charge in [-0.05, 0) is 32.4 Å². The highest BCUT2D eigenvalue weighted by atomic mass is 16.6. The maximum Gasteiger partial charge on any atom is 0.350 e. The van der Waals surface area contributed by atoms with Crippen molar-refractivity contribution in [3.8, 4) is 6.07 Å². The third-order valence-corrected chi connectivity index (χ3v) is 2.57. The summed E-state index contributed by atoms with van der Waals surface area (Å²) in [5, 5.41) is 9.06. The number of nitriles is 1. The quantitative estimate of drug-likeness (QED) is 0.472. The van der Waals surface area contributed by atoms with Gasteiger partial charge in [0.25, 0.3) is 0 Å². The van der Waals surface area contributed by atoms with Crippen LogP contribution in [0, 0.1) is 11.3 Å². The lowest BCUT2D eigenvalue weighted by molar-refractivity contribution is -0.175. The average molecular weight is 287 g/mol. The lowest BCUT2D eigenvalue weighted by Gasteiger charge is -2.22. The van der Waals surface area contributed by atoms with Crippen molar-refractivity contribution >= 4 is 18.0 Å². The Labute approximate surface area is 123 Å². The van der Waals surface area contributed by atoms with Gasteiger partial charge in [0.05, 0.1) is 6.61 Å². The molecule has 0 aromatic heterocycles. The Balaban J connectivity index is 2.89. The third kappa shape index (κ3) is 4.77. The van der Waals surface area contributed by atoms with E-state index in [1.807, 2.05) is 6.07 Å². The van der Waals surface area contributed by atoms with Gasteiger partial charge in [0.15, 0.2) is 0 Å². The van der Waals surface area contributed by atoms with Crippen molar-refractivity contribution < 1.29 is 19.1 Å². The molecule has 0 saturated heterocycles. The van der Waals surface area contributed by atoms with Crippen LogP contribution in [0.25, 0.3) is 6.08 Å². The number of hydrogen-bond acceptors (Lipinski definition) is 5. The summed E-state index contributed by atoms with van der Waals surface area (Å²) in [7, 11) is 0. The number of hydrogen-bond donors (Lipinski definition) is 0. The van der Waals surface area contributed by atoms with Gasteiger partial charge in [0.1, 0.15) is 11.6 Å². The van der Waals surface area contributed by atoms with Gasteiger partial charge in [-0.2, -0.15) is 5.26 Å². The van der Waals surface area contributed by atoms with Gasteiger partial charge < -0.3 is 9.47 Å². The van der Waals surface area contributed by atoms with E-state index in [1.54, 1.807) is 37.3 Å². The van der Waals surface area contributed by atoms with Crippen LogP contribution in [-0.4, -0.2) is 24.1 Å². The average Bonchev–Trinajstić information content (AvgIpc) is 2.45. The van der Waals surface area contributed by atoms with Gasteiger partial charge in [0.2, 0.25) is 5.60 Å². The molecule has 0 spiro atoms.